The first kappa shape index (κ1) is 16.9. The highest BCUT2D eigenvalue weighted by molar-refractivity contribution is 7.13. The van der Waals surface area contributed by atoms with E-state index in [0.29, 0.717) is 17.8 Å². The van der Waals surface area contributed by atoms with Crippen LogP contribution in [0.4, 0.5) is 0 Å². The first-order valence-electron chi connectivity index (χ1n) is 7.95. The first-order valence-corrected chi connectivity index (χ1v) is 8.76. The highest BCUT2D eigenvalue weighted by Gasteiger charge is 2.18. The molecule has 124 valence electrons. The van der Waals surface area contributed by atoms with E-state index in [1.807, 2.05) is 60.7 Å². The van der Waals surface area contributed by atoms with Gasteiger partial charge in [0.05, 0.1) is 17.3 Å². The predicted octanol–water partition coefficient (Wildman–Crippen LogP) is 3.90. The number of rotatable bonds is 6. The van der Waals surface area contributed by atoms with Crippen LogP contribution in [-0.4, -0.2) is 22.3 Å². The van der Waals surface area contributed by atoms with E-state index in [9.17, 15) is 4.79 Å². The lowest BCUT2D eigenvalue weighted by molar-refractivity contribution is 0.0769. The summed E-state index contributed by atoms with van der Waals surface area (Å²) in [7, 11) is 0. The van der Waals surface area contributed by atoms with Gasteiger partial charge in [-0.3, -0.25) is 4.79 Å². The van der Waals surface area contributed by atoms with Crippen LogP contribution in [0.5, 0.6) is 0 Å². The van der Waals surface area contributed by atoms with Gasteiger partial charge in [0, 0.05) is 13.0 Å². The highest BCUT2D eigenvalue weighted by Crippen LogP contribution is 2.19. The number of nitriles is 1. The number of carbonyl (C=O) groups is 1. The van der Waals surface area contributed by atoms with Gasteiger partial charge in [0.15, 0.2) is 0 Å². The fraction of sp³-hybridized carbons (Fsp3) is 0.150. The summed E-state index contributed by atoms with van der Waals surface area (Å²) in [6, 6.07) is 21.8. The molecule has 4 nitrogen and oxygen atoms in total. The summed E-state index contributed by atoms with van der Waals surface area (Å²) in [5.41, 5.74) is 2.16. The zero-order valence-corrected chi connectivity index (χ0v) is 14.4. The van der Waals surface area contributed by atoms with Gasteiger partial charge in [0.1, 0.15) is 11.4 Å². The Kier molecular flexibility index (Phi) is 5.55. The molecule has 0 aliphatic carbocycles. The summed E-state index contributed by atoms with van der Waals surface area (Å²) in [5.74, 6) is -0.151. The van der Waals surface area contributed by atoms with Crippen molar-refractivity contribution in [3.8, 4) is 6.07 Å². The molecule has 0 spiro atoms. The van der Waals surface area contributed by atoms with Crippen molar-refractivity contribution in [2.75, 3.05) is 6.54 Å². The molecule has 1 heterocycles. The lowest BCUT2D eigenvalue weighted by Gasteiger charge is -2.18. The highest BCUT2D eigenvalue weighted by atomic mass is 32.1. The molecule has 0 atom stereocenters. The van der Waals surface area contributed by atoms with Crippen molar-refractivity contribution in [1.29, 1.82) is 5.26 Å². The normalized spacial score (nSPS) is 10.2. The number of benzene rings is 2. The van der Waals surface area contributed by atoms with Crippen LogP contribution in [0.2, 0.25) is 0 Å². The smallest absolute Gasteiger partial charge is 0.266 e. The molecule has 0 unspecified atom stereocenters. The molecule has 1 aromatic heterocycles. The second kappa shape index (κ2) is 8.22. The second-order valence-corrected chi connectivity index (χ2v) is 6.70. The SMILES string of the molecule is N#CCN(Cc1ccccc1)C(=O)c1cnc(Cc2ccccc2)s1. The minimum atomic E-state index is -0.151. The lowest BCUT2D eigenvalue weighted by atomic mass is 10.2. The van der Waals surface area contributed by atoms with E-state index >= 15 is 0 Å². The predicted molar refractivity (Wildman–Crippen MR) is 98.2 cm³/mol. The largest absolute Gasteiger partial charge is 0.320 e. The third-order valence-corrected chi connectivity index (χ3v) is 4.71. The van der Waals surface area contributed by atoms with Crippen molar-refractivity contribution in [2.24, 2.45) is 0 Å². The first-order chi connectivity index (χ1) is 12.3. The van der Waals surface area contributed by atoms with Crippen molar-refractivity contribution in [2.45, 2.75) is 13.0 Å². The Balaban J connectivity index is 1.73. The van der Waals surface area contributed by atoms with Crippen LogP contribution in [-0.2, 0) is 13.0 Å². The van der Waals surface area contributed by atoms with Crippen LogP contribution in [0, 0.1) is 11.3 Å². The molecule has 0 aliphatic rings. The minimum Gasteiger partial charge on any atom is -0.320 e. The molecule has 0 aliphatic heterocycles. The van der Waals surface area contributed by atoms with Crippen LogP contribution < -0.4 is 0 Å². The van der Waals surface area contributed by atoms with Crippen molar-refractivity contribution < 1.29 is 4.79 Å². The average molecular weight is 347 g/mol. The Morgan fingerprint density at radius 2 is 1.68 bits per heavy atom. The van der Waals surface area contributed by atoms with Gasteiger partial charge in [-0.2, -0.15) is 5.26 Å². The zero-order valence-electron chi connectivity index (χ0n) is 13.6. The summed E-state index contributed by atoms with van der Waals surface area (Å²) in [6.07, 6.45) is 2.32. The van der Waals surface area contributed by atoms with Crippen LogP contribution in [0.3, 0.4) is 0 Å². The van der Waals surface area contributed by atoms with E-state index in [1.54, 1.807) is 11.1 Å². The van der Waals surface area contributed by atoms with Crippen LogP contribution >= 0.6 is 11.3 Å². The molecule has 3 aromatic rings. The third kappa shape index (κ3) is 4.52. The molecule has 0 bridgehead atoms. The molecule has 0 saturated heterocycles. The van der Waals surface area contributed by atoms with Crippen molar-refractivity contribution in [3.63, 3.8) is 0 Å². The van der Waals surface area contributed by atoms with E-state index in [2.05, 4.69) is 11.1 Å². The summed E-state index contributed by atoms with van der Waals surface area (Å²) < 4.78 is 0. The van der Waals surface area contributed by atoms with Crippen LogP contribution in [0.25, 0.3) is 0 Å². The van der Waals surface area contributed by atoms with E-state index < -0.39 is 0 Å². The fourth-order valence-corrected chi connectivity index (χ4v) is 3.43. The maximum absolute atomic E-state index is 12.8. The summed E-state index contributed by atoms with van der Waals surface area (Å²) in [4.78, 5) is 19.2. The van der Waals surface area contributed by atoms with Crippen molar-refractivity contribution in [1.82, 2.24) is 9.88 Å². The van der Waals surface area contributed by atoms with Gasteiger partial charge in [0.2, 0.25) is 0 Å². The topological polar surface area (TPSA) is 57.0 Å². The van der Waals surface area contributed by atoms with Gasteiger partial charge in [-0.25, -0.2) is 4.98 Å². The average Bonchev–Trinajstić information content (AvgIpc) is 3.11. The number of hydrogen-bond acceptors (Lipinski definition) is 4. The zero-order chi connectivity index (χ0) is 17.5. The molecular formula is C20H17N3OS. The van der Waals surface area contributed by atoms with Crippen molar-refractivity contribution >= 4 is 17.2 Å². The standard InChI is InChI=1S/C20H17N3OS/c21-11-12-23(15-17-9-5-2-6-10-17)20(24)18-14-22-19(25-18)13-16-7-3-1-4-8-16/h1-10,14H,12-13,15H2. The third-order valence-electron chi connectivity index (χ3n) is 3.73. The molecular weight excluding hydrogens is 330 g/mol. The van der Waals surface area contributed by atoms with Crippen LogP contribution in [0.1, 0.15) is 25.8 Å². The maximum atomic E-state index is 12.8. The number of carbonyl (C=O) groups excluding carboxylic acids is 1. The molecule has 1 amide bonds. The van der Waals surface area contributed by atoms with Gasteiger partial charge in [-0.1, -0.05) is 60.7 Å². The molecule has 5 heteroatoms. The number of hydrogen-bond donors (Lipinski definition) is 0. The summed E-state index contributed by atoms with van der Waals surface area (Å²) in [5, 5.41) is 9.95. The van der Waals surface area contributed by atoms with Gasteiger partial charge < -0.3 is 4.90 Å². The maximum Gasteiger partial charge on any atom is 0.266 e. The van der Waals surface area contributed by atoms with Crippen molar-refractivity contribution in [3.05, 3.63) is 87.9 Å². The van der Waals surface area contributed by atoms with Crippen LogP contribution in [0.15, 0.2) is 66.9 Å². The van der Waals surface area contributed by atoms with E-state index in [1.165, 1.54) is 11.3 Å². The Hall–Kier alpha value is -2.97. The molecule has 3 rings (SSSR count). The van der Waals surface area contributed by atoms with Gasteiger partial charge in [-0.05, 0) is 11.1 Å². The minimum absolute atomic E-state index is 0.0552. The molecule has 0 radical (unpaired) electrons. The van der Waals surface area contributed by atoms with E-state index in [0.717, 1.165) is 16.1 Å². The molecule has 25 heavy (non-hydrogen) atoms. The monoisotopic (exact) mass is 347 g/mol. The summed E-state index contributed by atoms with van der Waals surface area (Å²) >= 11 is 1.39. The molecule has 0 fully saturated rings. The van der Waals surface area contributed by atoms with Gasteiger partial charge in [0.25, 0.3) is 5.91 Å². The number of aromatic nitrogens is 1. The number of thiazole rings is 1. The van der Waals surface area contributed by atoms with E-state index in [4.69, 9.17) is 5.26 Å². The molecule has 0 N–H and O–H groups in total. The van der Waals surface area contributed by atoms with Gasteiger partial charge >= 0.3 is 0 Å². The Labute approximate surface area is 151 Å². The fourth-order valence-electron chi connectivity index (χ4n) is 2.51. The van der Waals surface area contributed by atoms with Gasteiger partial charge in [-0.15, -0.1) is 11.3 Å². The Morgan fingerprint density at radius 3 is 2.32 bits per heavy atom. The number of nitrogens with zero attached hydrogens (tertiary/aromatic N) is 3. The lowest BCUT2D eigenvalue weighted by Crippen LogP contribution is -2.30. The summed E-state index contributed by atoms with van der Waals surface area (Å²) in [6.45, 7) is 0.471. The Morgan fingerprint density at radius 1 is 1.04 bits per heavy atom. The number of amides is 1. The van der Waals surface area contributed by atoms with E-state index in [-0.39, 0.29) is 12.5 Å². The quantitative estimate of drug-likeness (QED) is 0.636. The molecule has 2 aromatic carbocycles. The second-order valence-electron chi connectivity index (χ2n) is 5.59. The Bertz CT molecular complexity index is 869. The molecule has 0 saturated carbocycles.